The minimum atomic E-state index is 0.428. The van der Waals surface area contributed by atoms with E-state index in [1.54, 1.807) is 0 Å². The molecular formula is C31H54O2. The molecule has 2 heteroatoms. The largest absolute Gasteiger partial charge is 0.378 e. The third-order valence-corrected chi connectivity index (χ3v) is 7.36. The molecule has 1 fully saturated rings. The quantitative estimate of drug-likeness (QED) is 0.161. The Morgan fingerprint density at radius 3 is 1.79 bits per heavy atom. The molecule has 0 saturated heterocycles. The van der Waals surface area contributed by atoms with Crippen molar-refractivity contribution in [1.82, 2.24) is 0 Å². The zero-order valence-corrected chi connectivity index (χ0v) is 21.9. The summed E-state index contributed by atoms with van der Waals surface area (Å²) in [7, 11) is 0. The lowest BCUT2D eigenvalue weighted by Crippen LogP contribution is -2.23. The molecule has 0 unspecified atom stereocenters. The fraction of sp³-hybridized carbons (Fsp3) is 0.806. The van der Waals surface area contributed by atoms with Crippen LogP contribution in [0.1, 0.15) is 134 Å². The highest BCUT2D eigenvalue weighted by Crippen LogP contribution is 2.29. The molecule has 1 aliphatic rings. The predicted octanol–water partition coefficient (Wildman–Crippen LogP) is 9.65. The fourth-order valence-corrected chi connectivity index (χ4v) is 5.20. The van der Waals surface area contributed by atoms with Crippen LogP contribution in [0.3, 0.4) is 0 Å². The van der Waals surface area contributed by atoms with Crippen molar-refractivity contribution in [3.63, 3.8) is 0 Å². The molecule has 2 atom stereocenters. The van der Waals surface area contributed by atoms with Crippen LogP contribution >= 0.6 is 0 Å². The molecule has 2 rings (SSSR count). The first-order valence-electron chi connectivity index (χ1n) is 14.6. The second kappa shape index (κ2) is 20.5. The van der Waals surface area contributed by atoms with E-state index in [1.165, 1.54) is 128 Å². The molecule has 0 amide bonds. The molecule has 0 N–H and O–H groups in total. The van der Waals surface area contributed by atoms with E-state index in [1.807, 2.05) is 0 Å². The van der Waals surface area contributed by atoms with Crippen LogP contribution in [0.15, 0.2) is 30.3 Å². The Hall–Kier alpha value is -0.860. The Balaban J connectivity index is 1.32. The Labute approximate surface area is 206 Å². The molecule has 2 nitrogen and oxygen atoms in total. The van der Waals surface area contributed by atoms with E-state index < -0.39 is 0 Å². The van der Waals surface area contributed by atoms with Crippen molar-refractivity contribution in [2.24, 2.45) is 5.92 Å². The van der Waals surface area contributed by atoms with Crippen LogP contribution in [0.5, 0.6) is 0 Å². The maximum Gasteiger partial charge on any atom is 0.0717 e. The summed E-state index contributed by atoms with van der Waals surface area (Å²) in [4.78, 5) is 0. The first kappa shape index (κ1) is 28.4. The number of hydrogen-bond donors (Lipinski definition) is 0. The van der Waals surface area contributed by atoms with Gasteiger partial charge in [0.25, 0.3) is 0 Å². The van der Waals surface area contributed by atoms with Crippen molar-refractivity contribution in [3.8, 4) is 0 Å². The molecule has 0 spiro atoms. The number of rotatable bonds is 22. The lowest BCUT2D eigenvalue weighted by Gasteiger charge is -2.20. The zero-order valence-electron chi connectivity index (χ0n) is 21.9. The van der Waals surface area contributed by atoms with Crippen LogP contribution in [0.4, 0.5) is 0 Å². The first-order chi connectivity index (χ1) is 16.4. The highest BCUT2D eigenvalue weighted by atomic mass is 16.5. The van der Waals surface area contributed by atoms with Gasteiger partial charge in [-0.1, -0.05) is 140 Å². The van der Waals surface area contributed by atoms with Crippen LogP contribution < -0.4 is 0 Å². The minimum absolute atomic E-state index is 0.428. The molecule has 1 saturated carbocycles. The van der Waals surface area contributed by atoms with Gasteiger partial charge >= 0.3 is 0 Å². The molecule has 33 heavy (non-hydrogen) atoms. The summed E-state index contributed by atoms with van der Waals surface area (Å²) in [6.07, 6.45) is 26.9. The van der Waals surface area contributed by atoms with E-state index >= 15 is 0 Å². The van der Waals surface area contributed by atoms with Crippen LogP contribution in [0.25, 0.3) is 0 Å². The van der Waals surface area contributed by atoms with Crippen LogP contribution in [-0.4, -0.2) is 19.3 Å². The Bertz CT molecular complexity index is 529. The molecule has 1 aromatic rings. The van der Waals surface area contributed by atoms with Gasteiger partial charge in [-0.25, -0.2) is 0 Å². The third kappa shape index (κ3) is 14.9. The Morgan fingerprint density at radius 1 is 0.667 bits per heavy atom. The van der Waals surface area contributed by atoms with Gasteiger partial charge < -0.3 is 9.47 Å². The standard InChI is InChI=1S/C31H54O2/c1-2-3-4-5-6-7-8-9-10-11-12-13-14-15-16-20-26-33-31-25-21-24-30(31)28-32-27-29-22-18-17-19-23-29/h17-19,22-23,30-31H,2-16,20-21,24-28H2,1H3/t30-,31+/m0/s1. The van der Waals surface area contributed by atoms with Crippen molar-refractivity contribution < 1.29 is 9.47 Å². The molecule has 0 aliphatic heterocycles. The highest BCUT2D eigenvalue weighted by Gasteiger charge is 2.27. The number of benzene rings is 1. The predicted molar refractivity (Wildman–Crippen MR) is 143 cm³/mol. The summed E-state index contributed by atoms with van der Waals surface area (Å²) < 4.78 is 12.2. The lowest BCUT2D eigenvalue weighted by molar-refractivity contribution is -0.0119. The van der Waals surface area contributed by atoms with Crippen LogP contribution in [0.2, 0.25) is 0 Å². The molecule has 0 radical (unpaired) electrons. The Morgan fingerprint density at radius 2 is 1.21 bits per heavy atom. The SMILES string of the molecule is CCCCCCCCCCCCCCCCCCO[C@@H]1CCC[C@H]1COCc1ccccc1. The van der Waals surface area contributed by atoms with Gasteiger partial charge in [0.1, 0.15) is 0 Å². The van der Waals surface area contributed by atoms with Crippen molar-refractivity contribution in [3.05, 3.63) is 35.9 Å². The van der Waals surface area contributed by atoms with Crippen molar-refractivity contribution in [2.75, 3.05) is 13.2 Å². The number of unbranched alkanes of at least 4 members (excludes halogenated alkanes) is 15. The van der Waals surface area contributed by atoms with Gasteiger partial charge in [-0.05, 0) is 24.8 Å². The Kier molecular flexibility index (Phi) is 17.6. The van der Waals surface area contributed by atoms with Gasteiger partial charge in [-0.15, -0.1) is 0 Å². The third-order valence-electron chi connectivity index (χ3n) is 7.36. The van der Waals surface area contributed by atoms with E-state index in [0.717, 1.165) is 19.8 Å². The van der Waals surface area contributed by atoms with Gasteiger partial charge in [-0.2, -0.15) is 0 Å². The van der Waals surface area contributed by atoms with Crippen molar-refractivity contribution >= 4 is 0 Å². The fourth-order valence-electron chi connectivity index (χ4n) is 5.20. The van der Waals surface area contributed by atoms with E-state index in [-0.39, 0.29) is 0 Å². The van der Waals surface area contributed by atoms with Crippen molar-refractivity contribution in [2.45, 2.75) is 142 Å². The van der Waals surface area contributed by atoms with Crippen molar-refractivity contribution in [1.29, 1.82) is 0 Å². The smallest absolute Gasteiger partial charge is 0.0717 e. The van der Waals surface area contributed by atoms with Gasteiger partial charge in [-0.3, -0.25) is 0 Å². The normalized spacial score (nSPS) is 18.2. The number of hydrogen-bond acceptors (Lipinski definition) is 2. The van der Waals surface area contributed by atoms with E-state index in [2.05, 4.69) is 37.3 Å². The first-order valence-corrected chi connectivity index (χ1v) is 14.6. The van der Waals surface area contributed by atoms with Gasteiger partial charge in [0.15, 0.2) is 0 Å². The van der Waals surface area contributed by atoms with Gasteiger partial charge in [0, 0.05) is 12.5 Å². The monoisotopic (exact) mass is 458 g/mol. The number of ether oxygens (including phenoxy) is 2. The molecule has 190 valence electrons. The van der Waals surface area contributed by atoms with E-state index in [4.69, 9.17) is 9.47 Å². The molecular weight excluding hydrogens is 404 g/mol. The summed E-state index contributed by atoms with van der Waals surface area (Å²) in [6.45, 7) is 4.81. The molecule has 1 aromatic carbocycles. The average Bonchev–Trinajstić information content (AvgIpc) is 3.29. The molecule has 1 aliphatic carbocycles. The average molecular weight is 459 g/mol. The summed E-state index contributed by atoms with van der Waals surface area (Å²) in [5.41, 5.74) is 1.26. The lowest BCUT2D eigenvalue weighted by atomic mass is 10.0. The molecule has 0 aromatic heterocycles. The highest BCUT2D eigenvalue weighted by molar-refractivity contribution is 5.13. The van der Waals surface area contributed by atoms with E-state index in [0.29, 0.717) is 12.0 Å². The summed E-state index contributed by atoms with van der Waals surface area (Å²) in [5.74, 6) is 0.592. The van der Waals surface area contributed by atoms with E-state index in [9.17, 15) is 0 Å². The summed E-state index contributed by atoms with van der Waals surface area (Å²) in [6, 6.07) is 10.5. The van der Waals surface area contributed by atoms with Crippen LogP contribution in [-0.2, 0) is 16.1 Å². The minimum Gasteiger partial charge on any atom is -0.378 e. The zero-order chi connectivity index (χ0) is 23.2. The van der Waals surface area contributed by atoms with Crippen LogP contribution in [0, 0.1) is 5.92 Å². The van der Waals surface area contributed by atoms with Gasteiger partial charge in [0.05, 0.1) is 19.3 Å². The summed E-state index contributed by atoms with van der Waals surface area (Å²) >= 11 is 0. The maximum absolute atomic E-state index is 6.26. The molecule has 0 heterocycles. The maximum atomic E-state index is 6.26. The molecule has 0 bridgehead atoms. The second-order valence-corrected chi connectivity index (χ2v) is 10.4. The topological polar surface area (TPSA) is 18.5 Å². The van der Waals surface area contributed by atoms with Gasteiger partial charge in [0.2, 0.25) is 0 Å². The second-order valence-electron chi connectivity index (χ2n) is 10.4. The summed E-state index contributed by atoms with van der Waals surface area (Å²) in [5, 5.41) is 0.